The molecule has 110 valence electrons. The Labute approximate surface area is 125 Å². The van der Waals surface area contributed by atoms with Crippen molar-refractivity contribution in [3.8, 4) is 11.4 Å². The van der Waals surface area contributed by atoms with Crippen molar-refractivity contribution in [2.75, 3.05) is 11.9 Å². The number of benzene rings is 2. The molecular formula is C15H12FN5O. The van der Waals surface area contributed by atoms with Gasteiger partial charge in [-0.05, 0) is 29.5 Å². The maximum atomic E-state index is 13.7. The summed E-state index contributed by atoms with van der Waals surface area (Å²) in [4.78, 5) is 13.7. The Morgan fingerprint density at radius 3 is 2.50 bits per heavy atom. The highest BCUT2D eigenvalue weighted by molar-refractivity contribution is 6.05. The van der Waals surface area contributed by atoms with Crippen LogP contribution in [0.15, 0.2) is 48.5 Å². The van der Waals surface area contributed by atoms with Crippen LogP contribution in [0, 0.1) is 5.82 Å². The van der Waals surface area contributed by atoms with Crippen LogP contribution < -0.4 is 4.90 Å². The first kappa shape index (κ1) is 13.9. The number of carbonyl (C=O) groups is 1. The lowest BCUT2D eigenvalue weighted by Crippen LogP contribution is -2.27. The Balaban J connectivity index is 1.85. The molecule has 0 aliphatic heterocycles. The molecule has 1 aromatic heterocycles. The van der Waals surface area contributed by atoms with Gasteiger partial charge in [-0.1, -0.05) is 24.3 Å². The minimum Gasteiger partial charge on any atom is -0.309 e. The number of aromatic nitrogens is 4. The summed E-state index contributed by atoms with van der Waals surface area (Å²) in [7, 11) is 1.54. The largest absolute Gasteiger partial charge is 0.309 e. The number of tetrazole rings is 1. The van der Waals surface area contributed by atoms with Gasteiger partial charge >= 0.3 is 0 Å². The summed E-state index contributed by atoms with van der Waals surface area (Å²) in [5.41, 5.74) is 1.41. The highest BCUT2D eigenvalue weighted by atomic mass is 19.1. The van der Waals surface area contributed by atoms with Crippen molar-refractivity contribution in [2.45, 2.75) is 0 Å². The number of rotatable bonds is 3. The molecule has 0 atom stereocenters. The second-order valence-electron chi connectivity index (χ2n) is 4.63. The lowest BCUT2D eigenvalue weighted by atomic mass is 10.1. The number of hydrogen-bond donors (Lipinski definition) is 1. The van der Waals surface area contributed by atoms with Crippen molar-refractivity contribution in [2.24, 2.45) is 0 Å². The third kappa shape index (κ3) is 2.56. The molecule has 0 saturated heterocycles. The van der Waals surface area contributed by atoms with Crippen LogP contribution in [0.1, 0.15) is 10.4 Å². The van der Waals surface area contributed by atoms with Crippen LogP contribution >= 0.6 is 0 Å². The Hall–Kier alpha value is -3.09. The van der Waals surface area contributed by atoms with E-state index < -0.39 is 5.82 Å². The summed E-state index contributed by atoms with van der Waals surface area (Å²) in [5, 5.41) is 13.6. The molecule has 1 heterocycles. The van der Waals surface area contributed by atoms with E-state index in [4.69, 9.17) is 0 Å². The Kier molecular flexibility index (Phi) is 3.61. The summed E-state index contributed by atoms with van der Waals surface area (Å²) in [6.45, 7) is 0. The minimum absolute atomic E-state index is 0.231. The van der Waals surface area contributed by atoms with E-state index in [-0.39, 0.29) is 11.6 Å². The molecule has 3 aromatic rings. The molecule has 22 heavy (non-hydrogen) atoms. The Morgan fingerprint density at radius 2 is 1.86 bits per heavy atom. The van der Waals surface area contributed by atoms with Crippen molar-refractivity contribution in [3.63, 3.8) is 0 Å². The van der Waals surface area contributed by atoms with Crippen LogP contribution in [0.3, 0.4) is 0 Å². The molecule has 0 aliphatic carbocycles. The maximum Gasteiger partial charge on any atom is 0.258 e. The van der Waals surface area contributed by atoms with Gasteiger partial charge in [-0.15, -0.1) is 10.2 Å². The fourth-order valence-electron chi connectivity index (χ4n) is 2.07. The first-order chi connectivity index (χ1) is 10.7. The Morgan fingerprint density at radius 1 is 1.14 bits per heavy atom. The van der Waals surface area contributed by atoms with E-state index in [0.717, 1.165) is 5.56 Å². The van der Waals surface area contributed by atoms with E-state index in [1.54, 1.807) is 42.5 Å². The lowest BCUT2D eigenvalue weighted by Gasteiger charge is -2.18. The molecule has 0 radical (unpaired) electrons. The normalized spacial score (nSPS) is 10.5. The zero-order chi connectivity index (χ0) is 15.5. The molecule has 0 fully saturated rings. The van der Waals surface area contributed by atoms with E-state index in [1.807, 2.05) is 0 Å². The summed E-state index contributed by atoms with van der Waals surface area (Å²) in [6, 6.07) is 12.9. The van der Waals surface area contributed by atoms with Crippen molar-refractivity contribution in [3.05, 3.63) is 59.9 Å². The zero-order valence-corrected chi connectivity index (χ0v) is 11.7. The molecule has 1 amide bonds. The number of carbonyl (C=O) groups excluding carboxylic acids is 1. The lowest BCUT2D eigenvalue weighted by molar-refractivity contribution is 0.0992. The number of para-hydroxylation sites is 1. The topological polar surface area (TPSA) is 74.8 Å². The summed E-state index contributed by atoms with van der Waals surface area (Å²) >= 11 is 0. The van der Waals surface area contributed by atoms with Crippen molar-refractivity contribution in [1.82, 2.24) is 20.6 Å². The van der Waals surface area contributed by atoms with Crippen LogP contribution in [-0.4, -0.2) is 33.6 Å². The van der Waals surface area contributed by atoms with E-state index in [2.05, 4.69) is 20.6 Å². The second kappa shape index (κ2) is 5.72. The molecule has 0 bridgehead atoms. The van der Waals surface area contributed by atoms with Gasteiger partial charge in [0, 0.05) is 18.2 Å². The van der Waals surface area contributed by atoms with Crippen molar-refractivity contribution >= 4 is 11.6 Å². The number of aromatic amines is 1. The number of nitrogens with zero attached hydrogens (tertiary/aromatic N) is 4. The average molecular weight is 297 g/mol. The summed E-state index contributed by atoms with van der Waals surface area (Å²) < 4.78 is 13.7. The standard InChI is InChI=1S/C15H12FN5O/c1-21(13-5-3-2-4-12(13)16)15(22)11-8-6-10(7-9-11)14-17-19-20-18-14/h2-9H,1H3,(H,17,18,19,20). The number of amides is 1. The molecular weight excluding hydrogens is 285 g/mol. The van der Waals surface area contributed by atoms with Crippen molar-refractivity contribution < 1.29 is 9.18 Å². The monoisotopic (exact) mass is 297 g/mol. The molecule has 0 saturated carbocycles. The van der Waals surface area contributed by atoms with Gasteiger partial charge in [0.05, 0.1) is 5.69 Å². The second-order valence-corrected chi connectivity index (χ2v) is 4.63. The van der Waals surface area contributed by atoms with Gasteiger partial charge in [-0.25, -0.2) is 4.39 Å². The van der Waals surface area contributed by atoms with Crippen LogP contribution in [0.5, 0.6) is 0 Å². The summed E-state index contributed by atoms with van der Waals surface area (Å²) in [6.07, 6.45) is 0. The fraction of sp³-hybridized carbons (Fsp3) is 0.0667. The zero-order valence-electron chi connectivity index (χ0n) is 11.7. The predicted octanol–water partition coefficient (Wildman–Crippen LogP) is 2.28. The highest BCUT2D eigenvalue weighted by Crippen LogP contribution is 2.20. The van der Waals surface area contributed by atoms with Crippen LogP contribution in [0.25, 0.3) is 11.4 Å². The van der Waals surface area contributed by atoms with Gasteiger partial charge in [-0.3, -0.25) is 4.79 Å². The predicted molar refractivity (Wildman–Crippen MR) is 78.7 cm³/mol. The SMILES string of the molecule is CN(C(=O)c1ccc(-c2nn[nH]n2)cc1)c1ccccc1F. The first-order valence-electron chi connectivity index (χ1n) is 6.53. The van der Waals surface area contributed by atoms with E-state index in [1.165, 1.54) is 18.0 Å². The van der Waals surface area contributed by atoms with Gasteiger partial charge in [0.25, 0.3) is 5.91 Å². The van der Waals surface area contributed by atoms with Crippen LogP contribution in [-0.2, 0) is 0 Å². The molecule has 2 aromatic carbocycles. The fourth-order valence-corrected chi connectivity index (χ4v) is 2.07. The molecule has 3 rings (SSSR count). The molecule has 0 aliphatic rings. The van der Waals surface area contributed by atoms with Crippen LogP contribution in [0.4, 0.5) is 10.1 Å². The quantitative estimate of drug-likeness (QED) is 0.805. The average Bonchev–Trinajstić information content (AvgIpc) is 3.09. The molecule has 7 heteroatoms. The first-order valence-corrected chi connectivity index (χ1v) is 6.53. The summed E-state index contributed by atoms with van der Waals surface area (Å²) in [5.74, 6) is -0.298. The minimum atomic E-state index is -0.443. The van der Waals surface area contributed by atoms with Gasteiger partial charge in [0.1, 0.15) is 5.82 Å². The van der Waals surface area contributed by atoms with Gasteiger partial charge < -0.3 is 4.90 Å². The number of halogens is 1. The third-order valence-corrected chi connectivity index (χ3v) is 3.25. The van der Waals surface area contributed by atoms with E-state index in [0.29, 0.717) is 11.4 Å². The molecule has 0 spiro atoms. The van der Waals surface area contributed by atoms with Crippen molar-refractivity contribution in [1.29, 1.82) is 0 Å². The van der Waals surface area contributed by atoms with Crippen LogP contribution in [0.2, 0.25) is 0 Å². The number of H-pyrrole nitrogens is 1. The van der Waals surface area contributed by atoms with Gasteiger partial charge in [-0.2, -0.15) is 5.21 Å². The number of anilines is 1. The number of nitrogens with one attached hydrogen (secondary N) is 1. The van der Waals surface area contributed by atoms with Gasteiger partial charge in [0.15, 0.2) is 0 Å². The van der Waals surface area contributed by atoms with E-state index >= 15 is 0 Å². The molecule has 0 unspecified atom stereocenters. The maximum absolute atomic E-state index is 13.7. The molecule has 1 N–H and O–H groups in total. The molecule has 6 nitrogen and oxygen atoms in total. The number of hydrogen-bond acceptors (Lipinski definition) is 4. The van der Waals surface area contributed by atoms with E-state index in [9.17, 15) is 9.18 Å². The van der Waals surface area contributed by atoms with Gasteiger partial charge in [0.2, 0.25) is 5.82 Å². The smallest absolute Gasteiger partial charge is 0.258 e. The third-order valence-electron chi connectivity index (χ3n) is 3.25. The Bertz CT molecular complexity index is 786. The highest BCUT2D eigenvalue weighted by Gasteiger charge is 2.16.